The van der Waals surface area contributed by atoms with E-state index >= 15 is 0 Å². The summed E-state index contributed by atoms with van der Waals surface area (Å²) in [5, 5.41) is 6.73. The molecule has 2 heteroatoms. The molecule has 0 atom stereocenters. The fourth-order valence-corrected chi connectivity index (χ4v) is 9.84. The van der Waals surface area contributed by atoms with Crippen molar-refractivity contribution in [2.45, 2.75) is 12.1 Å². The van der Waals surface area contributed by atoms with Crippen LogP contribution in [0.3, 0.4) is 0 Å². The van der Waals surface area contributed by atoms with Gasteiger partial charge in [-0.05, 0) is 34.6 Å². The highest BCUT2D eigenvalue weighted by Crippen LogP contribution is 2.29. The lowest BCUT2D eigenvalue weighted by molar-refractivity contribution is 1.23. The molecule has 0 bridgehead atoms. The van der Waals surface area contributed by atoms with Crippen LogP contribution >= 0.6 is 0 Å². The molecule has 1 aliphatic rings. The van der Waals surface area contributed by atoms with E-state index in [0.29, 0.717) is 0 Å². The average Bonchev–Trinajstić information content (AvgIpc) is 2.75. The van der Waals surface area contributed by atoms with Crippen LogP contribution in [0.15, 0.2) is 109 Å². The quantitative estimate of drug-likeness (QED) is 0.500. The molecule has 136 valence electrons. The van der Waals surface area contributed by atoms with Crippen LogP contribution in [0.1, 0.15) is 11.1 Å². The number of anilines is 2. The Hall–Kier alpha value is -3.10. The van der Waals surface area contributed by atoms with E-state index in [2.05, 4.69) is 115 Å². The Morgan fingerprint density at radius 3 is 1.32 bits per heavy atom. The fourth-order valence-electron chi connectivity index (χ4n) is 4.64. The number of benzene rings is 4. The Morgan fingerprint density at radius 2 is 0.857 bits per heavy atom. The monoisotopic (exact) mass is 377 g/mol. The largest absolute Gasteiger partial charge is 0.356 e. The zero-order chi connectivity index (χ0) is 18.8. The molecule has 1 heterocycles. The number of para-hydroxylation sites is 2. The van der Waals surface area contributed by atoms with Gasteiger partial charge < -0.3 is 5.32 Å². The molecule has 5 rings (SSSR count). The van der Waals surface area contributed by atoms with E-state index in [1.54, 1.807) is 0 Å². The summed E-state index contributed by atoms with van der Waals surface area (Å²) in [4.78, 5) is 0. The fraction of sp³-hybridized carbons (Fsp3) is 0.0769. The van der Waals surface area contributed by atoms with Crippen LogP contribution in [0.5, 0.6) is 0 Å². The Morgan fingerprint density at radius 1 is 0.464 bits per heavy atom. The molecule has 0 amide bonds. The third kappa shape index (κ3) is 2.96. The minimum absolute atomic E-state index is 1.11. The molecule has 28 heavy (non-hydrogen) atoms. The first-order chi connectivity index (χ1) is 13.9. The molecule has 0 fully saturated rings. The van der Waals surface area contributed by atoms with Gasteiger partial charge in [0, 0.05) is 11.4 Å². The van der Waals surface area contributed by atoms with Crippen LogP contribution in [-0.2, 0) is 12.1 Å². The van der Waals surface area contributed by atoms with E-state index in [9.17, 15) is 0 Å². The first-order valence-corrected chi connectivity index (χ1v) is 12.3. The minimum Gasteiger partial charge on any atom is -0.356 e. The van der Waals surface area contributed by atoms with E-state index in [0.717, 1.165) is 12.1 Å². The van der Waals surface area contributed by atoms with Gasteiger partial charge in [0.05, 0.1) is 0 Å². The first kappa shape index (κ1) is 17.0. The topological polar surface area (TPSA) is 12.0 Å². The number of hydrogen-bond acceptors (Lipinski definition) is 1. The summed E-state index contributed by atoms with van der Waals surface area (Å²) in [6.45, 7) is 0. The van der Waals surface area contributed by atoms with Crippen LogP contribution in [0.25, 0.3) is 0 Å². The van der Waals surface area contributed by atoms with Crippen LogP contribution in [0.2, 0.25) is 0 Å². The molecule has 1 aliphatic heterocycles. The highest BCUT2D eigenvalue weighted by Gasteiger charge is 2.43. The molecule has 0 spiro atoms. The SMILES string of the molecule is c1ccc(C[Si]2(Cc3ccccc3)c3ccccc3Nc3ccccc32)cc1. The molecule has 1 N–H and O–H groups in total. The second-order valence-corrected chi connectivity index (χ2v) is 11.6. The second-order valence-electron chi connectivity index (χ2n) is 7.62. The Kier molecular flexibility index (Phi) is 4.34. The first-order valence-electron chi connectivity index (χ1n) is 9.89. The van der Waals surface area contributed by atoms with Crippen LogP contribution in [0, 0.1) is 0 Å². The lowest BCUT2D eigenvalue weighted by Gasteiger charge is -2.40. The van der Waals surface area contributed by atoms with Crippen molar-refractivity contribution >= 4 is 29.8 Å². The molecule has 0 aromatic heterocycles. The Bertz CT molecular complexity index is 1000. The predicted octanol–water partition coefficient (Wildman–Crippen LogP) is 4.87. The van der Waals surface area contributed by atoms with Crippen molar-refractivity contribution in [3.8, 4) is 0 Å². The van der Waals surface area contributed by atoms with Gasteiger partial charge in [0.25, 0.3) is 0 Å². The molecule has 1 nitrogen and oxygen atoms in total. The second kappa shape index (κ2) is 7.14. The van der Waals surface area contributed by atoms with E-state index in [-0.39, 0.29) is 0 Å². The van der Waals surface area contributed by atoms with Crippen molar-refractivity contribution in [1.29, 1.82) is 0 Å². The van der Waals surface area contributed by atoms with Gasteiger partial charge in [-0.15, -0.1) is 0 Å². The van der Waals surface area contributed by atoms with Crippen molar-refractivity contribution in [3.63, 3.8) is 0 Å². The summed E-state index contributed by atoms with van der Waals surface area (Å²) >= 11 is 0. The van der Waals surface area contributed by atoms with E-state index < -0.39 is 8.07 Å². The number of fused-ring (bicyclic) bond motifs is 2. The zero-order valence-electron chi connectivity index (χ0n) is 15.8. The molecule has 0 saturated carbocycles. The third-order valence-corrected chi connectivity index (χ3v) is 10.8. The van der Waals surface area contributed by atoms with Gasteiger partial charge in [0.1, 0.15) is 8.07 Å². The molecule has 4 aromatic carbocycles. The maximum Gasteiger partial charge on any atom is 0.132 e. The van der Waals surface area contributed by atoms with Crippen molar-refractivity contribution in [3.05, 3.63) is 120 Å². The highest BCUT2D eigenvalue weighted by molar-refractivity contribution is 7.03. The molecule has 0 radical (unpaired) electrons. The standard InChI is InChI=1S/C26H23NSi/c1-3-11-21(12-4-1)19-28(20-22-13-5-2-6-14-22)25-17-9-7-15-23(25)27-24-16-8-10-18-26(24)28/h1-18,27H,19-20H2. The maximum absolute atomic E-state index is 3.70. The van der Waals surface area contributed by atoms with Gasteiger partial charge in [-0.25, -0.2) is 0 Å². The van der Waals surface area contributed by atoms with Gasteiger partial charge in [-0.2, -0.15) is 0 Å². The van der Waals surface area contributed by atoms with Gasteiger partial charge in [-0.3, -0.25) is 0 Å². The molecule has 0 unspecified atom stereocenters. The average molecular weight is 378 g/mol. The Balaban J connectivity index is 1.75. The van der Waals surface area contributed by atoms with E-state index in [1.807, 2.05) is 0 Å². The maximum atomic E-state index is 3.70. The third-order valence-electron chi connectivity index (χ3n) is 5.85. The summed E-state index contributed by atoms with van der Waals surface area (Å²) in [5.74, 6) is 0. The van der Waals surface area contributed by atoms with Gasteiger partial charge in [0.15, 0.2) is 0 Å². The van der Waals surface area contributed by atoms with Crippen LogP contribution < -0.4 is 15.7 Å². The lowest BCUT2D eigenvalue weighted by Crippen LogP contribution is -2.65. The summed E-state index contributed by atoms with van der Waals surface area (Å²) in [6.07, 6.45) is 0. The summed E-state index contributed by atoms with van der Waals surface area (Å²) < 4.78 is 0. The van der Waals surface area contributed by atoms with Crippen LogP contribution in [0.4, 0.5) is 11.4 Å². The summed E-state index contributed by atoms with van der Waals surface area (Å²) in [5.41, 5.74) is 5.41. The molecule has 4 aromatic rings. The van der Waals surface area contributed by atoms with Crippen molar-refractivity contribution in [2.24, 2.45) is 0 Å². The smallest absolute Gasteiger partial charge is 0.132 e. The van der Waals surface area contributed by atoms with E-state index in [4.69, 9.17) is 0 Å². The van der Waals surface area contributed by atoms with Gasteiger partial charge in [-0.1, -0.05) is 108 Å². The number of rotatable bonds is 4. The van der Waals surface area contributed by atoms with Gasteiger partial charge in [0.2, 0.25) is 0 Å². The summed E-state index contributed by atoms with van der Waals surface area (Å²) in [7, 11) is -2.07. The van der Waals surface area contributed by atoms with Crippen molar-refractivity contribution < 1.29 is 0 Å². The van der Waals surface area contributed by atoms with Gasteiger partial charge >= 0.3 is 0 Å². The highest BCUT2D eigenvalue weighted by atomic mass is 28.3. The molecule has 0 saturated heterocycles. The van der Waals surface area contributed by atoms with Crippen molar-refractivity contribution in [2.75, 3.05) is 5.32 Å². The van der Waals surface area contributed by atoms with Crippen molar-refractivity contribution in [1.82, 2.24) is 0 Å². The van der Waals surface area contributed by atoms with E-state index in [1.165, 1.54) is 32.9 Å². The molecular weight excluding hydrogens is 354 g/mol. The predicted molar refractivity (Wildman–Crippen MR) is 121 cm³/mol. The molecule has 0 aliphatic carbocycles. The lowest BCUT2D eigenvalue weighted by atomic mass is 10.2. The normalized spacial score (nSPS) is 13.9. The zero-order valence-corrected chi connectivity index (χ0v) is 16.8. The van der Waals surface area contributed by atoms with Crippen LogP contribution in [-0.4, -0.2) is 8.07 Å². The number of hydrogen-bond donors (Lipinski definition) is 1. The summed E-state index contributed by atoms with van der Waals surface area (Å²) in [6, 6.07) is 42.1. The number of nitrogens with one attached hydrogen (secondary N) is 1. The minimum atomic E-state index is -2.07. The Labute approximate surface area is 167 Å². The molecular formula is C26H23NSi.